The summed E-state index contributed by atoms with van der Waals surface area (Å²) in [6.45, 7) is 1.31. The average molecular weight is 278 g/mol. The minimum Gasteiger partial charge on any atom is -0.469 e. The fraction of sp³-hybridized carbons (Fsp3) is 0.429. The third-order valence-electron chi connectivity index (χ3n) is 3.07. The van der Waals surface area contributed by atoms with E-state index in [4.69, 9.17) is 4.74 Å². The molecule has 1 N–H and O–H groups in total. The summed E-state index contributed by atoms with van der Waals surface area (Å²) in [6.07, 6.45) is -0.149. The maximum Gasteiger partial charge on any atom is 0.322 e. The monoisotopic (exact) mass is 278 g/mol. The van der Waals surface area contributed by atoms with Crippen molar-refractivity contribution in [3.63, 3.8) is 0 Å². The molecule has 0 aliphatic carbocycles. The van der Waals surface area contributed by atoms with Gasteiger partial charge >= 0.3 is 12.0 Å². The highest BCUT2D eigenvalue weighted by Crippen LogP contribution is 2.12. The Morgan fingerprint density at radius 1 is 1.40 bits per heavy atom. The van der Waals surface area contributed by atoms with E-state index in [-0.39, 0.29) is 24.5 Å². The SMILES string of the molecule is COC(=O)CC1CN(C(=O)Nc2ccccc2)CCO1. The van der Waals surface area contributed by atoms with Gasteiger partial charge in [-0.2, -0.15) is 0 Å². The molecule has 6 nitrogen and oxygen atoms in total. The molecule has 20 heavy (non-hydrogen) atoms. The van der Waals surface area contributed by atoms with Crippen LogP contribution >= 0.6 is 0 Å². The van der Waals surface area contributed by atoms with Crippen molar-refractivity contribution in [2.24, 2.45) is 0 Å². The third-order valence-corrected chi connectivity index (χ3v) is 3.07. The molecule has 1 atom stereocenters. The van der Waals surface area contributed by atoms with E-state index in [0.29, 0.717) is 19.7 Å². The molecule has 0 saturated carbocycles. The second-order valence-electron chi connectivity index (χ2n) is 4.52. The van der Waals surface area contributed by atoms with Gasteiger partial charge in [0.2, 0.25) is 0 Å². The summed E-state index contributed by atoms with van der Waals surface area (Å²) < 4.78 is 10.1. The Hall–Kier alpha value is -2.08. The summed E-state index contributed by atoms with van der Waals surface area (Å²) in [5.41, 5.74) is 0.744. The maximum absolute atomic E-state index is 12.1. The van der Waals surface area contributed by atoms with Crippen LogP contribution in [-0.2, 0) is 14.3 Å². The number of methoxy groups -OCH3 is 1. The van der Waals surface area contributed by atoms with Crippen LogP contribution in [0.2, 0.25) is 0 Å². The first-order valence-electron chi connectivity index (χ1n) is 6.48. The lowest BCUT2D eigenvalue weighted by molar-refractivity contribution is -0.145. The van der Waals surface area contributed by atoms with Crippen LogP contribution in [0.3, 0.4) is 0 Å². The molecule has 2 amide bonds. The zero-order valence-corrected chi connectivity index (χ0v) is 11.4. The van der Waals surface area contributed by atoms with Crippen LogP contribution in [0, 0.1) is 0 Å². The predicted molar refractivity (Wildman–Crippen MR) is 73.4 cm³/mol. The van der Waals surface area contributed by atoms with Crippen LogP contribution in [0.4, 0.5) is 10.5 Å². The summed E-state index contributed by atoms with van der Waals surface area (Å²) in [4.78, 5) is 25.0. The normalized spacial score (nSPS) is 18.4. The number of carbonyl (C=O) groups excluding carboxylic acids is 2. The maximum atomic E-state index is 12.1. The molecule has 6 heteroatoms. The number of morpholine rings is 1. The number of nitrogens with zero attached hydrogens (tertiary/aromatic N) is 1. The lowest BCUT2D eigenvalue weighted by Gasteiger charge is -2.32. The van der Waals surface area contributed by atoms with Gasteiger partial charge < -0.3 is 19.7 Å². The van der Waals surface area contributed by atoms with Gasteiger partial charge in [0, 0.05) is 18.8 Å². The van der Waals surface area contributed by atoms with Crippen molar-refractivity contribution in [2.45, 2.75) is 12.5 Å². The van der Waals surface area contributed by atoms with E-state index in [2.05, 4.69) is 10.1 Å². The standard InChI is InChI=1S/C14H18N2O4/c1-19-13(17)9-12-10-16(7-8-20-12)14(18)15-11-5-3-2-4-6-11/h2-6,12H,7-10H2,1H3,(H,15,18). The van der Waals surface area contributed by atoms with Crippen LogP contribution in [0.25, 0.3) is 0 Å². The Balaban J connectivity index is 1.88. The van der Waals surface area contributed by atoms with Crippen LogP contribution in [0.5, 0.6) is 0 Å². The summed E-state index contributed by atoms with van der Waals surface area (Å²) in [7, 11) is 1.34. The van der Waals surface area contributed by atoms with Gasteiger partial charge in [-0.15, -0.1) is 0 Å². The quantitative estimate of drug-likeness (QED) is 0.850. The number of hydrogen-bond acceptors (Lipinski definition) is 4. The first-order chi connectivity index (χ1) is 9.69. The topological polar surface area (TPSA) is 67.9 Å². The van der Waals surface area contributed by atoms with E-state index >= 15 is 0 Å². The van der Waals surface area contributed by atoms with Crippen LogP contribution < -0.4 is 5.32 Å². The summed E-state index contributed by atoms with van der Waals surface area (Å²) >= 11 is 0. The predicted octanol–water partition coefficient (Wildman–Crippen LogP) is 1.48. The molecular weight excluding hydrogens is 260 g/mol. The number of urea groups is 1. The van der Waals surface area contributed by atoms with E-state index in [9.17, 15) is 9.59 Å². The van der Waals surface area contributed by atoms with Crippen molar-refractivity contribution in [1.29, 1.82) is 0 Å². The van der Waals surface area contributed by atoms with Crippen molar-refractivity contribution in [3.05, 3.63) is 30.3 Å². The molecule has 0 aromatic heterocycles. The van der Waals surface area contributed by atoms with Gasteiger partial charge in [0.25, 0.3) is 0 Å². The number of carbonyl (C=O) groups is 2. The number of benzene rings is 1. The number of ether oxygens (including phenoxy) is 2. The fourth-order valence-corrected chi connectivity index (χ4v) is 2.02. The third kappa shape index (κ3) is 3.96. The minimum absolute atomic E-state index is 0.158. The Morgan fingerprint density at radius 3 is 2.85 bits per heavy atom. The Bertz CT molecular complexity index is 464. The molecule has 0 bridgehead atoms. The highest BCUT2D eigenvalue weighted by Gasteiger charge is 2.26. The zero-order chi connectivity index (χ0) is 14.4. The molecule has 1 heterocycles. The van der Waals surface area contributed by atoms with Gasteiger partial charge in [0.15, 0.2) is 0 Å². The first-order valence-corrected chi connectivity index (χ1v) is 6.48. The van der Waals surface area contributed by atoms with Crippen LogP contribution in [0.1, 0.15) is 6.42 Å². The summed E-state index contributed by atoms with van der Waals surface area (Å²) in [5.74, 6) is -0.333. The average Bonchev–Trinajstić information content (AvgIpc) is 2.48. The molecule has 1 fully saturated rings. The van der Waals surface area contributed by atoms with Gasteiger partial charge in [-0.3, -0.25) is 4.79 Å². The summed E-state index contributed by atoms with van der Waals surface area (Å²) in [5, 5.41) is 2.81. The van der Waals surface area contributed by atoms with Crippen molar-refractivity contribution in [1.82, 2.24) is 4.90 Å². The number of hydrogen-bond donors (Lipinski definition) is 1. The molecule has 2 rings (SSSR count). The Kier molecular flexibility index (Phi) is 4.95. The number of para-hydroxylation sites is 1. The number of anilines is 1. The molecule has 1 aliphatic rings. The molecule has 0 spiro atoms. The van der Waals surface area contributed by atoms with Gasteiger partial charge in [0.1, 0.15) is 0 Å². The smallest absolute Gasteiger partial charge is 0.322 e. The number of esters is 1. The number of rotatable bonds is 3. The van der Waals surface area contributed by atoms with Crippen molar-refractivity contribution >= 4 is 17.7 Å². The highest BCUT2D eigenvalue weighted by atomic mass is 16.5. The summed E-state index contributed by atoms with van der Waals surface area (Å²) in [6, 6.07) is 9.06. The van der Waals surface area contributed by atoms with Crippen LogP contribution in [-0.4, -0.2) is 49.8 Å². The molecule has 1 aromatic carbocycles. The van der Waals surface area contributed by atoms with E-state index < -0.39 is 0 Å². The Labute approximate surface area is 117 Å². The zero-order valence-electron chi connectivity index (χ0n) is 11.4. The van der Waals surface area contributed by atoms with Crippen molar-refractivity contribution in [3.8, 4) is 0 Å². The Morgan fingerprint density at radius 2 is 2.15 bits per heavy atom. The highest BCUT2D eigenvalue weighted by molar-refractivity contribution is 5.89. The molecule has 1 unspecified atom stereocenters. The molecule has 1 saturated heterocycles. The van der Waals surface area contributed by atoms with Gasteiger partial charge in [-0.05, 0) is 12.1 Å². The van der Waals surface area contributed by atoms with E-state index in [1.165, 1.54) is 7.11 Å². The van der Waals surface area contributed by atoms with Crippen molar-refractivity contribution < 1.29 is 19.1 Å². The minimum atomic E-state index is -0.333. The second kappa shape index (κ2) is 6.91. The van der Waals surface area contributed by atoms with E-state index in [0.717, 1.165) is 5.69 Å². The largest absolute Gasteiger partial charge is 0.469 e. The second-order valence-corrected chi connectivity index (χ2v) is 4.52. The molecule has 108 valence electrons. The van der Waals surface area contributed by atoms with Gasteiger partial charge in [0.05, 0.1) is 26.2 Å². The fourth-order valence-electron chi connectivity index (χ4n) is 2.02. The molecule has 1 aromatic rings. The molecular formula is C14H18N2O4. The van der Waals surface area contributed by atoms with Crippen LogP contribution in [0.15, 0.2) is 30.3 Å². The lowest BCUT2D eigenvalue weighted by atomic mass is 10.2. The van der Waals surface area contributed by atoms with E-state index in [1.54, 1.807) is 4.90 Å². The molecule has 1 aliphatic heterocycles. The van der Waals surface area contributed by atoms with Gasteiger partial charge in [-0.25, -0.2) is 4.79 Å². The van der Waals surface area contributed by atoms with E-state index in [1.807, 2.05) is 30.3 Å². The molecule has 0 radical (unpaired) electrons. The number of amides is 2. The van der Waals surface area contributed by atoms with Gasteiger partial charge in [-0.1, -0.05) is 18.2 Å². The first kappa shape index (κ1) is 14.3. The number of nitrogens with one attached hydrogen (secondary N) is 1. The van der Waals surface area contributed by atoms with Crippen molar-refractivity contribution in [2.75, 3.05) is 32.1 Å². The lowest BCUT2D eigenvalue weighted by Crippen LogP contribution is -2.48.